The molecule has 0 spiro atoms. The van der Waals surface area contributed by atoms with Gasteiger partial charge in [-0.15, -0.1) is 0 Å². The van der Waals surface area contributed by atoms with Gasteiger partial charge in [0.1, 0.15) is 0 Å². The number of rotatable bonds is 3. The number of ether oxygens (including phenoxy) is 1. The molecule has 6 heteroatoms. The van der Waals surface area contributed by atoms with Crippen LogP contribution < -0.4 is 10.6 Å². The molecule has 6 nitrogen and oxygen atoms in total. The van der Waals surface area contributed by atoms with Gasteiger partial charge in [0, 0.05) is 25.7 Å². The Bertz CT molecular complexity index is 348. The molecule has 0 radical (unpaired) electrons. The van der Waals surface area contributed by atoms with E-state index in [0.717, 1.165) is 25.7 Å². The molecule has 120 valence electrons. The summed E-state index contributed by atoms with van der Waals surface area (Å²) in [6.07, 6.45) is 7.51. The Morgan fingerprint density at radius 1 is 1.10 bits per heavy atom. The van der Waals surface area contributed by atoms with Crippen molar-refractivity contribution in [1.82, 2.24) is 15.5 Å². The number of carbonyl (C=O) groups is 2. The Morgan fingerprint density at radius 3 is 2.38 bits per heavy atom. The molecule has 3 amide bonds. The average molecular weight is 297 g/mol. The lowest BCUT2D eigenvalue weighted by molar-refractivity contribution is 0.106. The van der Waals surface area contributed by atoms with Crippen LogP contribution in [0, 0.1) is 5.92 Å². The van der Waals surface area contributed by atoms with Crippen molar-refractivity contribution in [2.24, 2.45) is 5.92 Å². The number of carbonyl (C=O) groups excluding carboxylic acids is 2. The first kappa shape index (κ1) is 15.9. The van der Waals surface area contributed by atoms with Gasteiger partial charge in [-0.2, -0.15) is 0 Å². The summed E-state index contributed by atoms with van der Waals surface area (Å²) in [5.41, 5.74) is 0. The van der Waals surface area contributed by atoms with Crippen molar-refractivity contribution in [3.63, 3.8) is 0 Å². The number of likely N-dealkylation sites (tertiary alicyclic amines) is 1. The van der Waals surface area contributed by atoms with E-state index in [1.54, 1.807) is 4.90 Å². The van der Waals surface area contributed by atoms with Crippen molar-refractivity contribution in [1.29, 1.82) is 0 Å². The maximum atomic E-state index is 11.9. The lowest BCUT2D eigenvalue weighted by Crippen LogP contribution is -2.46. The van der Waals surface area contributed by atoms with Crippen LogP contribution in [0.15, 0.2) is 0 Å². The maximum Gasteiger partial charge on any atom is 0.409 e. The molecule has 2 N–H and O–H groups in total. The summed E-state index contributed by atoms with van der Waals surface area (Å²) in [6, 6.07) is 0.303. The Hall–Kier alpha value is -1.46. The van der Waals surface area contributed by atoms with Crippen molar-refractivity contribution in [2.45, 2.75) is 51.0 Å². The van der Waals surface area contributed by atoms with Gasteiger partial charge in [0.2, 0.25) is 0 Å². The number of amides is 3. The minimum Gasteiger partial charge on any atom is -0.453 e. The van der Waals surface area contributed by atoms with E-state index in [1.807, 2.05) is 0 Å². The highest BCUT2D eigenvalue weighted by Gasteiger charge is 2.23. The summed E-state index contributed by atoms with van der Waals surface area (Å²) in [7, 11) is 1.41. The van der Waals surface area contributed by atoms with Gasteiger partial charge in [-0.1, -0.05) is 19.3 Å². The molecule has 0 aromatic heterocycles. The minimum atomic E-state index is -0.253. The van der Waals surface area contributed by atoms with Crippen LogP contribution in [-0.4, -0.2) is 49.8 Å². The molecule has 1 aliphatic heterocycles. The highest BCUT2D eigenvalue weighted by Crippen LogP contribution is 2.18. The molecule has 2 aliphatic rings. The number of hydrogen-bond acceptors (Lipinski definition) is 3. The van der Waals surface area contributed by atoms with Crippen molar-refractivity contribution in [3.05, 3.63) is 0 Å². The number of methoxy groups -OCH3 is 1. The lowest BCUT2D eigenvalue weighted by atomic mass is 9.95. The fourth-order valence-electron chi connectivity index (χ4n) is 3.17. The highest BCUT2D eigenvalue weighted by atomic mass is 16.5. The molecule has 0 aromatic carbocycles. The Balaban J connectivity index is 1.60. The molecule has 1 saturated heterocycles. The largest absolute Gasteiger partial charge is 0.453 e. The molecule has 1 heterocycles. The first-order chi connectivity index (χ1) is 10.2. The SMILES string of the molecule is COC(=O)N1CCC(CNC(=O)NC2CCCCC2)CC1. The van der Waals surface area contributed by atoms with Gasteiger partial charge >= 0.3 is 12.1 Å². The van der Waals surface area contributed by atoms with Crippen LogP contribution in [-0.2, 0) is 4.74 Å². The first-order valence-corrected chi connectivity index (χ1v) is 8.06. The molecule has 21 heavy (non-hydrogen) atoms. The highest BCUT2D eigenvalue weighted by molar-refractivity contribution is 5.74. The standard InChI is InChI=1S/C15H27N3O3/c1-21-15(20)18-9-7-12(8-10-18)11-16-14(19)17-13-5-3-2-4-6-13/h12-13H,2-11H2,1H3,(H2,16,17,19). The smallest absolute Gasteiger partial charge is 0.409 e. The molecule has 0 aromatic rings. The third-order valence-electron chi connectivity index (χ3n) is 4.54. The Kier molecular flexibility index (Phi) is 6.14. The fraction of sp³-hybridized carbons (Fsp3) is 0.867. The molecule has 1 saturated carbocycles. The topological polar surface area (TPSA) is 70.7 Å². The molecule has 1 aliphatic carbocycles. The van der Waals surface area contributed by atoms with E-state index in [9.17, 15) is 9.59 Å². The average Bonchev–Trinajstić information content (AvgIpc) is 2.53. The van der Waals surface area contributed by atoms with Crippen molar-refractivity contribution < 1.29 is 14.3 Å². The fourth-order valence-corrected chi connectivity index (χ4v) is 3.17. The van der Waals surface area contributed by atoms with Gasteiger partial charge in [-0.3, -0.25) is 0 Å². The second-order valence-electron chi connectivity index (χ2n) is 6.09. The molecule has 0 atom stereocenters. The van der Waals surface area contributed by atoms with Crippen LogP contribution >= 0.6 is 0 Å². The number of nitrogens with zero attached hydrogens (tertiary/aromatic N) is 1. The van der Waals surface area contributed by atoms with Crippen LogP contribution in [0.3, 0.4) is 0 Å². The van der Waals surface area contributed by atoms with Crippen LogP contribution in [0.2, 0.25) is 0 Å². The van der Waals surface area contributed by atoms with E-state index < -0.39 is 0 Å². The number of nitrogens with one attached hydrogen (secondary N) is 2. The van der Waals surface area contributed by atoms with Crippen molar-refractivity contribution in [3.8, 4) is 0 Å². The summed E-state index contributed by atoms with van der Waals surface area (Å²) in [5, 5.41) is 6.03. The van der Waals surface area contributed by atoms with Crippen LogP contribution in [0.4, 0.5) is 9.59 Å². The number of hydrogen-bond donors (Lipinski definition) is 2. The number of urea groups is 1. The predicted molar refractivity (Wildman–Crippen MR) is 80.1 cm³/mol. The van der Waals surface area contributed by atoms with Crippen LogP contribution in [0.1, 0.15) is 44.9 Å². The monoisotopic (exact) mass is 297 g/mol. The molecule has 0 unspecified atom stereocenters. The van der Waals surface area contributed by atoms with Gasteiger partial charge in [0.15, 0.2) is 0 Å². The Labute approximate surface area is 126 Å². The van der Waals surface area contributed by atoms with Crippen LogP contribution in [0.25, 0.3) is 0 Å². The third kappa shape index (κ3) is 5.10. The summed E-state index contributed by atoms with van der Waals surface area (Å²) in [6.45, 7) is 2.11. The van der Waals surface area contributed by atoms with E-state index in [1.165, 1.54) is 26.4 Å². The molecular weight excluding hydrogens is 270 g/mol. The summed E-state index contributed by atoms with van der Waals surface area (Å²) in [5.74, 6) is 0.447. The summed E-state index contributed by atoms with van der Waals surface area (Å²) >= 11 is 0. The second kappa shape index (κ2) is 8.10. The quantitative estimate of drug-likeness (QED) is 0.838. The van der Waals surface area contributed by atoms with E-state index in [2.05, 4.69) is 10.6 Å². The van der Waals surface area contributed by atoms with E-state index >= 15 is 0 Å². The van der Waals surface area contributed by atoms with E-state index in [0.29, 0.717) is 31.6 Å². The van der Waals surface area contributed by atoms with Crippen molar-refractivity contribution in [2.75, 3.05) is 26.7 Å². The zero-order valence-electron chi connectivity index (χ0n) is 12.9. The normalized spacial score (nSPS) is 20.9. The molecule has 0 bridgehead atoms. The number of piperidine rings is 1. The molecule has 2 fully saturated rings. The van der Waals surface area contributed by atoms with Gasteiger partial charge in [-0.25, -0.2) is 9.59 Å². The van der Waals surface area contributed by atoms with Gasteiger partial charge in [-0.05, 0) is 31.6 Å². The minimum absolute atomic E-state index is 0.0442. The van der Waals surface area contributed by atoms with E-state index in [4.69, 9.17) is 4.74 Å². The first-order valence-electron chi connectivity index (χ1n) is 8.06. The van der Waals surface area contributed by atoms with Crippen molar-refractivity contribution >= 4 is 12.1 Å². The zero-order valence-corrected chi connectivity index (χ0v) is 12.9. The van der Waals surface area contributed by atoms with Gasteiger partial charge in [0.25, 0.3) is 0 Å². The Morgan fingerprint density at radius 2 is 1.76 bits per heavy atom. The summed E-state index contributed by atoms with van der Waals surface area (Å²) in [4.78, 5) is 25.0. The van der Waals surface area contributed by atoms with Crippen LogP contribution in [0.5, 0.6) is 0 Å². The molecule has 2 rings (SSSR count). The third-order valence-corrected chi connectivity index (χ3v) is 4.54. The summed E-state index contributed by atoms with van der Waals surface area (Å²) < 4.78 is 4.71. The predicted octanol–water partition coefficient (Wildman–Crippen LogP) is 2.10. The maximum absolute atomic E-state index is 11.9. The zero-order chi connectivity index (χ0) is 15.1. The lowest BCUT2D eigenvalue weighted by Gasteiger charge is -2.31. The molecular formula is C15H27N3O3. The van der Waals surface area contributed by atoms with E-state index in [-0.39, 0.29) is 12.1 Å². The van der Waals surface area contributed by atoms with Gasteiger partial charge < -0.3 is 20.3 Å². The van der Waals surface area contributed by atoms with Gasteiger partial charge in [0.05, 0.1) is 7.11 Å². The second-order valence-corrected chi connectivity index (χ2v) is 6.09.